The first kappa shape index (κ1) is 21.9. The first-order chi connectivity index (χ1) is 14.0. The number of rotatable bonds is 8. The number of aliphatic hydroxyl groups is 1. The second-order valence-corrected chi connectivity index (χ2v) is 7.59. The van der Waals surface area contributed by atoms with Crippen molar-refractivity contribution in [2.45, 2.75) is 37.6 Å². The lowest BCUT2D eigenvalue weighted by Crippen LogP contribution is -2.47. The Bertz CT molecular complexity index is 843. The number of benzene rings is 1. The number of halogens is 3. The SMILES string of the molecule is CC1(C2CC2)NC(=O)N(CC(=O)NCC(O)COc2cccc(C(F)(F)F)c2)C1=O. The Morgan fingerprint density at radius 1 is 1.40 bits per heavy atom. The third kappa shape index (κ3) is 4.84. The Hall–Kier alpha value is -2.82. The number of hydrogen-bond acceptors (Lipinski definition) is 5. The van der Waals surface area contributed by atoms with Gasteiger partial charge in [0.05, 0.1) is 5.56 Å². The zero-order valence-electron chi connectivity index (χ0n) is 16.2. The molecule has 30 heavy (non-hydrogen) atoms. The van der Waals surface area contributed by atoms with Crippen LogP contribution in [-0.4, -0.2) is 59.2 Å². The van der Waals surface area contributed by atoms with Gasteiger partial charge in [0.25, 0.3) is 5.91 Å². The summed E-state index contributed by atoms with van der Waals surface area (Å²) in [5.41, 5.74) is -1.87. The van der Waals surface area contributed by atoms with Crippen LogP contribution < -0.4 is 15.4 Å². The molecule has 1 saturated carbocycles. The van der Waals surface area contributed by atoms with Crippen molar-refractivity contribution in [1.82, 2.24) is 15.5 Å². The van der Waals surface area contributed by atoms with E-state index in [0.29, 0.717) is 0 Å². The monoisotopic (exact) mass is 429 g/mol. The maximum absolute atomic E-state index is 12.7. The molecule has 1 saturated heterocycles. The average Bonchev–Trinajstić information content (AvgIpc) is 3.50. The van der Waals surface area contributed by atoms with Crippen molar-refractivity contribution in [3.05, 3.63) is 29.8 Å². The highest BCUT2D eigenvalue weighted by molar-refractivity contribution is 6.09. The van der Waals surface area contributed by atoms with Gasteiger partial charge in [-0.1, -0.05) is 6.07 Å². The summed E-state index contributed by atoms with van der Waals surface area (Å²) in [5, 5.41) is 14.9. The predicted octanol–water partition coefficient (Wildman–Crippen LogP) is 1.28. The molecule has 2 aliphatic rings. The number of nitrogens with one attached hydrogen (secondary N) is 2. The van der Waals surface area contributed by atoms with Crippen molar-refractivity contribution in [1.29, 1.82) is 0 Å². The Morgan fingerprint density at radius 2 is 2.10 bits per heavy atom. The van der Waals surface area contributed by atoms with Gasteiger partial charge in [0, 0.05) is 6.54 Å². The molecule has 2 unspecified atom stereocenters. The highest BCUT2D eigenvalue weighted by Crippen LogP contribution is 2.42. The highest BCUT2D eigenvalue weighted by atomic mass is 19.4. The zero-order valence-corrected chi connectivity index (χ0v) is 16.2. The van der Waals surface area contributed by atoms with Crippen LogP contribution in [0.3, 0.4) is 0 Å². The van der Waals surface area contributed by atoms with Gasteiger partial charge in [-0.2, -0.15) is 13.2 Å². The van der Waals surface area contributed by atoms with Crippen LogP contribution in [0.25, 0.3) is 0 Å². The number of alkyl halides is 3. The van der Waals surface area contributed by atoms with Gasteiger partial charge in [-0.3, -0.25) is 14.5 Å². The molecule has 2 atom stereocenters. The minimum atomic E-state index is -4.51. The first-order valence-corrected chi connectivity index (χ1v) is 9.39. The predicted molar refractivity (Wildman–Crippen MR) is 97.3 cm³/mol. The fraction of sp³-hybridized carbons (Fsp3) is 0.526. The Morgan fingerprint density at radius 3 is 2.73 bits per heavy atom. The number of urea groups is 1. The lowest BCUT2D eigenvalue weighted by molar-refractivity contribution is -0.137. The van der Waals surface area contributed by atoms with Crippen LogP contribution in [0.2, 0.25) is 0 Å². The van der Waals surface area contributed by atoms with Crippen molar-refractivity contribution >= 4 is 17.8 Å². The second-order valence-electron chi connectivity index (χ2n) is 7.59. The number of aliphatic hydroxyl groups excluding tert-OH is 1. The molecule has 3 rings (SSSR count). The van der Waals surface area contributed by atoms with E-state index in [1.807, 2.05) is 0 Å². The largest absolute Gasteiger partial charge is 0.491 e. The number of hydrogen-bond donors (Lipinski definition) is 3. The normalized spacial score (nSPS) is 22.6. The van der Waals surface area contributed by atoms with Gasteiger partial charge >= 0.3 is 12.2 Å². The van der Waals surface area contributed by atoms with E-state index in [9.17, 15) is 32.7 Å². The van der Waals surface area contributed by atoms with Gasteiger partial charge in [0.15, 0.2) is 0 Å². The van der Waals surface area contributed by atoms with E-state index in [1.165, 1.54) is 12.1 Å². The molecule has 11 heteroatoms. The Kier molecular flexibility index (Phi) is 5.93. The number of amides is 4. The minimum absolute atomic E-state index is 0.0665. The summed E-state index contributed by atoms with van der Waals surface area (Å²) in [4.78, 5) is 37.4. The molecule has 1 heterocycles. The summed E-state index contributed by atoms with van der Waals surface area (Å²) in [6.45, 7) is 0.525. The van der Waals surface area contributed by atoms with Crippen LogP contribution >= 0.6 is 0 Å². The number of carbonyl (C=O) groups is 3. The van der Waals surface area contributed by atoms with E-state index in [4.69, 9.17) is 4.74 Å². The van der Waals surface area contributed by atoms with Gasteiger partial charge in [0.1, 0.15) is 30.5 Å². The Balaban J connectivity index is 1.44. The average molecular weight is 429 g/mol. The smallest absolute Gasteiger partial charge is 0.416 e. The summed E-state index contributed by atoms with van der Waals surface area (Å²) >= 11 is 0. The second kappa shape index (κ2) is 8.13. The topological polar surface area (TPSA) is 108 Å². The number of imide groups is 1. The number of carbonyl (C=O) groups excluding carboxylic acids is 3. The molecule has 4 amide bonds. The molecule has 0 bridgehead atoms. The number of ether oxygens (including phenoxy) is 1. The van der Waals surface area contributed by atoms with Gasteiger partial charge < -0.3 is 20.5 Å². The molecule has 1 aromatic rings. The third-order valence-corrected chi connectivity index (χ3v) is 5.14. The van der Waals surface area contributed by atoms with E-state index >= 15 is 0 Å². The summed E-state index contributed by atoms with van der Waals surface area (Å²) in [7, 11) is 0. The molecular weight excluding hydrogens is 407 g/mol. The zero-order chi connectivity index (χ0) is 22.1. The van der Waals surface area contributed by atoms with Crippen molar-refractivity contribution in [2.75, 3.05) is 19.7 Å². The van der Waals surface area contributed by atoms with E-state index in [2.05, 4.69) is 10.6 Å². The molecule has 2 fully saturated rings. The van der Waals surface area contributed by atoms with E-state index < -0.39 is 47.8 Å². The van der Waals surface area contributed by atoms with Crippen LogP contribution in [0.5, 0.6) is 5.75 Å². The lowest BCUT2D eigenvalue weighted by Gasteiger charge is -2.21. The quantitative estimate of drug-likeness (QED) is 0.540. The molecule has 0 radical (unpaired) electrons. The van der Waals surface area contributed by atoms with E-state index in [0.717, 1.165) is 29.9 Å². The summed E-state index contributed by atoms with van der Waals surface area (Å²) in [6.07, 6.45) is -4.05. The summed E-state index contributed by atoms with van der Waals surface area (Å²) in [5.74, 6) is -1.12. The molecule has 1 aromatic carbocycles. The van der Waals surface area contributed by atoms with Crippen LogP contribution in [-0.2, 0) is 15.8 Å². The third-order valence-electron chi connectivity index (χ3n) is 5.14. The van der Waals surface area contributed by atoms with Crippen LogP contribution in [0, 0.1) is 5.92 Å². The van der Waals surface area contributed by atoms with Crippen molar-refractivity contribution in [3.8, 4) is 5.75 Å². The van der Waals surface area contributed by atoms with Crippen molar-refractivity contribution in [3.63, 3.8) is 0 Å². The van der Waals surface area contributed by atoms with E-state index in [1.54, 1.807) is 6.92 Å². The number of nitrogens with zero attached hydrogens (tertiary/aromatic N) is 1. The van der Waals surface area contributed by atoms with Crippen molar-refractivity contribution < 1.29 is 37.4 Å². The molecule has 1 aliphatic carbocycles. The lowest BCUT2D eigenvalue weighted by atomic mass is 9.96. The van der Waals surface area contributed by atoms with Gasteiger partial charge in [-0.05, 0) is 43.9 Å². The van der Waals surface area contributed by atoms with E-state index in [-0.39, 0.29) is 24.8 Å². The van der Waals surface area contributed by atoms with Gasteiger partial charge in [-0.25, -0.2) is 4.79 Å². The van der Waals surface area contributed by atoms with Crippen LogP contribution in [0.15, 0.2) is 24.3 Å². The maximum atomic E-state index is 12.7. The maximum Gasteiger partial charge on any atom is 0.416 e. The Labute approximate surface area is 170 Å². The van der Waals surface area contributed by atoms with Gasteiger partial charge in [0.2, 0.25) is 5.91 Å². The first-order valence-electron chi connectivity index (χ1n) is 9.39. The summed E-state index contributed by atoms with van der Waals surface area (Å²) < 4.78 is 43.2. The molecule has 8 nitrogen and oxygen atoms in total. The van der Waals surface area contributed by atoms with Crippen LogP contribution in [0.4, 0.5) is 18.0 Å². The fourth-order valence-electron chi connectivity index (χ4n) is 3.24. The standard InChI is InChI=1S/C19H22F3N3O5/c1-18(11-5-6-11)16(28)25(17(29)24-18)9-15(27)23-8-13(26)10-30-14-4-2-3-12(7-14)19(20,21)22/h2-4,7,11,13,26H,5-6,8-10H2,1H3,(H,23,27)(H,24,29). The van der Waals surface area contributed by atoms with Crippen molar-refractivity contribution in [2.24, 2.45) is 5.92 Å². The molecule has 164 valence electrons. The molecule has 0 spiro atoms. The summed E-state index contributed by atoms with van der Waals surface area (Å²) in [6, 6.07) is 3.56. The molecule has 1 aliphatic heterocycles. The fourth-order valence-corrected chi connectivity index (χ4v) is 3.24. The highest BCUT2D eigenvalue weighted by Gasteiger charge is 2.56. The molecule has 3 N–H and O–H groups in total. The van der Waals surface area contributed by atoms with Crippen LogP contribution in [0.1, 0.15) is 25.3 Å². The van der Waals surface area contributed by atoms with Gasteiger partial charge in [-0.15, -0.1) is 0 Å². The minimum Gasteiger partial charge on any atom is -0.491 e. The molecular formula is C19H22F3N3O5. The molecule has 0 aromatic heterocycles.